The van der Waals surface area contributed by atoms with E-state index in [9.17, 15) is 4.79 Å². The maximum atomic E-state index is 12.7. The van der Waals surface area contributed by atoms with Crippen LogP contribution in [0.3, 0.4) is 0 Å². The van der Waals surface area contributed by atoms with Crippen molar-refractivity contribution in [2.45, 2.75) is 33.7 Å². The van der Waals surface area contributed by atoms with Crippen LogP contribution in [0.15, 0.2) is 24.3 Å². The Bertz CT molecular complexity index is 894. The van der Waals surface area contributed by atoms with E-state index < -0.39 is 0 Å². The fraction of sp³-hybridized carbons (Fsp3) is 0.389. The topological polar surface area (TPSA) is 59.8 Å². The molecule has 2 aromatic heterocycles. The maximum absolute atomic E-state index is 12.7. The number of rotatable bonds is 4. The van der Waals surface area contributed by atoms with Gasteiger partial charge in [0.1, 0.15) is 11.5 Å². The summed E-state index contributed by atoms with van der Waals surface area (Å²) in [6.07, 6.45) is 0. The summed E-state index contributed by atoms with van der Waals surface area (Å²) in [6, 6.07) is 7.84. The lowest BCUT2D eigenvalue weighted by Gasteiger charge is -2.22. The molecule has 0 aliphatic rings. The summed E-state index contributed by atoms with van der Waals surface area (Å²) in [4.78, 5) is 22.7. The van der Waals surface area contributed by atoms with Crippen molar-refractivity contribution < 1.29 is 4.79 Å². The Kier molecular flexibility index (Phi) is 4.41. The molecule has 1 amide bonds. The zero-order chi connectivity index (χ0) is 17.4. The number of benzene rings is 1. The van der Waals surface area contributed by atoms with Gasteiger partial charge < -0.3 is 9.88 Å². The number of amides is 1. The van der Waals surface area contributed by atoms with E-state index in [0.717, 1.165) is 26.7 Å². The highest BCUT2D eigenvalue weighted by Gasteiger charge is 2.26. The van der Waals surface area contributed by atoms with Gasteiger partial charge in [-0.05, 0) is 31.9 Å². The molecule has 3 rings (SSSR count). The van der Waals surface area contributed by atoms with Gasteiger partial charge in [-0.25, -0.2) is 9.97 Å². The molecule has 0 unspecified atom stereocenters. The second-order valence-corrected chi connectivity index (χ2v) is 7.76. The number of aryl methyl sites for hydroxylation is 3. The van der Waals surface area contributed by atoms with E-state index in [4.69, 9.17) is 4.98 Å². The molecular weight excluding hydrogens is 320 g/mol. The molecule has 6 heteroatoms. The SMILES string of the molecule is Cc1nc(C(=O)N[C@H](c2nc3ccccc3n2C)C(C)C)c(C)s1. The number of thiazole rings is 1. The van der Waals surface area contributed by atoms with E-state index in [-0.39, 0.29) is 17.9 Å². The molecule has 1 atom stereocenters. The number of hydrogen-bond acceptors (Lipinski definition) is 4. The number of carbonyl (C=O) groups excluding carboxylic acids is 1. The number of hydrogen-bond donors (Lipinski definition) is 1. The lowest BCUT2D eigenvalue weighted by Crippen LogP contribution is -2.34. The van der Waals surface area contributed by atoms with Crippen molar-refractivity contribution in [1.82, 2.24) is 19.9 Å². The number of carbonyl (C=O) groups is 1. The van der Waals surface area contributed by atoms with Crippen molar-refractivity contribution in [2.24, 2.45) is 13.0 Å². The van der Waals surface area contributed by atoms with E-state index in [1.807, 2.05) is 45.2 Å². The Morgan fingerprint density at radius 3 is 2.50 bits per heavy atom. The first kappa shape index (κ1) is 16.6. The lowest BCUT2D eigenvalue weighted by atomic mass is 10.0. The molecule has 5 nitrogen and oxygen atoms in total. The van der Waals surface area contributed by atoms with Gasteiger partial charge in [0.15, 0.2) is 0 Å². The molecule has 0 spiro atoms. The molecule has 0 aliphatic heterocycles. The van der Waals surface area contributed by atoms with Crippen molar-refractivity contribution in [3.8, 4) is 0 Å². The fourth-order valence-corrected chi connectivity index (χ4v) is 3.74. The second kappa shape index (κ2) is 6.36. The van der Waals surface area contributed by atoms with Crippen LogP contribution in [0.1, 0.15) is 46.1 Å². The molecule has 0 saturated carbocycles. The Hall–Kier alpha value is -2.21. The lowest BCUT2D eigenvalue weighted by molar-refractivity contribution is 0.0917. The molecule has 1 aromatic carbocycles. The molecule has 0 radical (unpaired) electrons. The van der Waals surface area contributed by atoms with Crippen molar-refractivity contribution in [1.29, 1.82) is 0 Å². The van der Waals surface area contributed by atoms with Gasteiger partial charge in [-0.1, -0.05) is 26.0 Å². The summed E-state index contributed by atoms with van der Waals surface area (Å²) >= 11 is 1.54. The highest BCUT2D eigenvalue weighted by Crippen LogP contribution is 2.26. The van der Waals surface area contributed by atoms with Crippen molar-refractivity contribution in [2.75, 3.05) is 0 Å². The van der Waals surface area contributed by atoms with Crippen LogP contribution < -0.4 is 5.32 Å². The number of nitrogens with zero attached hydrogens (tertiary/aromatic N) is 3. The Morgan fingerprint density at radius 1 is 1.21 bits per heavy atom. The van der Waals surface area contributed by atoms with Gasteiger partial charge in [0.25, 0.3) is 5.91 Å². The Balaban J connectivity index is 1.96. The number of fused-ring (bicyclic) bond motifs is 1. The average molecular weight is 342 g/mol. The van der Waals surface area contributed by atoms with Gasteiger partial charge in [-0.2, -0.15) is 0 Å². The number of para-hydroxylation sites is 2. The van der Waals surface area contributed by atoms with Crippen molar-refractivity contribution >= 4 is 28.3 Å². The van der Waals surface area contributed by atoms with Gasteiger partial charge in [0.2, 0.25) is 0 Å². The normalized spacial score (nSPS) is 12.8. The summed E-state index contributed by atoms with van der Waals surface area (Å²) in [6.45, 7) is 8.02. The molecular formula is C18H22N4OS. The Morgan fingerprint density at radius 2 is 1.92 bits per heavy atom. The highest BCUT2D eigenvalue weighted by atomic mass is 32.1. The van der Waals surface area contributed by atoms with E-state index >= 15 is 0 Å². The first-order valence-electron chi connectivity index (χ1n) is 8.04. The largest absolute Gasteiger partial charge is 0.340 e. The number of nitrogens with one attached hydrogen (secondary N) is 1. The zero-order valence-electron chi connectivity index (χ0n) is 14.6. The van der Waals surface area contributed by atoms with Gasteiger partial charge in [-0.3, -0.25) is 4.79 Å². The average Bonchev–Trinajstić information content (AvgIpc) is 3.04. The van der Waals surface area contributed by atoms with Crippen LogP contribution in [0.2, 0.25) is 0 Å². The van der Waals surface area contributed by atoms with Crippen LogP contribution in [-0.2, 0) is 7.05 Å². The number of imidazole rings is 1. The quantitative estimate of drug-likeness (QED) is 0.785. The first-order valence-corrected chi connectivity index (χ1v) is 8.86. The predicted molar refractivity (Wildman–Crippen MR) is 97.3 cm³/mol. The van der Waals surface area contributed by atoms with Crippen LogP contribution >= 0.6 is 11.3 Å². The minimum absolute atomic E-state index is 0.136. The molecule has 3 aromatic rings. The maximum Gasteiger partial charge on any atom is 0.271 e. The Labute approximate surface area is 145 Å². The molecule has 1 N–H and O–H groups in total. The third-order valence-electron chi connectivity index (χ3n) is 4.17. The molecule has 0 fully saturated rings. The summed E-state index contributed by atoms with van der Waals surface area (Å²) in [5.41, 5.74) is 2.52. The van der Waals surface area contributed by atoms with Gasteiger partial charge in [-0.15, -0.1) is 11.3 Å². The molecule has 126 valence electrons. The minimum Gasteiger partial charge on any atom is -0.340 e. The minimum atomic E-state index is -0.170. The molecule has 0 saturated heterocycles. The summed E-state index contributed by atoms with van der Waals surface area (Å²) in [7, 11) is 1.99. The van der Waals surface area contributed by atoms with Gasteiger partial charge >= 0.3 is 0 Å². The van der Waals surface area contributed by atoms with E-state index in [0.29, 0.717) is 5.69 Å². The van der Waals surface area contributed by atoms with Crippen LogP contribution in [0.25, 0.3) is 11.0 Å². The standard InChI is InChI=1S/C18H22N4OS/c1-10(2)15(21-18(23)16-11(3)24-12(4)19-16)17-20-13-8-6-7-9-14(13)22(17)5/h6-10,15H,1-5H3,(H,21,23)/t15-/m0/s1. The van der Waals surface area contributed by atoms with Crippen LogP contribution in [0.5, 0.6) is 0 Å². The monoisotopic (exact) mass is 342 g/mol. The van der Waals surface area contributed by atoms with Crippen LogP contribution in [-0.4, -0.2) is 20.4 Å². The first-order chi connectivity index (χ1) is 11.4. The highest BCUT2D eigenvalue weighted by molar-refractivity contribution is 7.11. The summed E-state index contributed by atoms with van der Waals surface area (Å²) < 4.78 is 2.05. The second-order valence-electron chi connectivity index (χ2n) is 6.35. The molecule has 0 aliphatic carbocycles. The summed E-state index contributed by atoms with van der Waals surface area (Å²) in [5.74, 6) is 0.941. The van der Waals surface area contributed by atoms with Crippen molar-refractivity contribution in [3.05, 3.63) is 45.7 Å². The smallest absolute Gasteiger partial charge is 0.271 e. The molecule has 2 heterocycles. The van der Waals surface area contributed by atoms with E-state index in [1.165, 1.54) is 0 Å². The van der Waals surface area contributed by atoms with E-state index in [1.54, 1.807) is 11.3 Å². The predicted octanol–water partition coefficient (Wildman–Crippen LogP) is 3.77. The zero-order valence-corrected chi connectivity index (χ0v) is 15.4. The van der Waals surface area contributed by atoms with Gasteiger partial charge in [0.05, 0.1) is 22.1 Å². The number of aromatic nitrogens is 3. The molecule has 0 bridgehead atoms. The van der Waals surface area contributed by atoms with Crippen molar-refractivity contribution in [3.63, 3.8) is 0 Å². The van der Waals surface area contributed by atoms with Crippen LogP contribution in [0, 0.1) is 19.8 Å². The fourth-order valence-electron chi connectivity index (χ4n) is 2.92. The molecule has 24 heavy (non-hydrogen) atoms. The third-order valence-corrected chi connectivity index (χ3v) is 5.06. The van der Waals surface area contributed by atoms with Crippen LogP contribution in [0.4, 0.5) is 0 Å². The third kappa shape index (κ3) is 2.94. The van der Waals surface area contributed by atoms with E-state index in [2.05, 4.69) is 28.7 Å². The summed E-state index contributed by atoms with van der Waals surface area (Å²) in [5, 5.41) is 4.03. The van der Waals surface area contributed by atoms with Gasteiger partial charge in [0, 0.05) is 11.9 Å².